The van der Waals surface area contributed by atoms with Crippen molar-refractivity contribution in [3.8, 4) is 0 Å². The van der Waals surface area contributed by atoms with Crippen LogP contribution in [0.5, 0.6) is 0 Å². The number of benzene rings is 1. The molecule has 1 fully saturated rings. The Morgan fingerprint density at radius 2 is 2.18 bits per heavy atom. The van der Waals surface area contributed by atoms with E-state index in [4.69, 9.17) is 10.2 Å². The Morgan fingerprint density at radius 1 is 1.41 bits per heavy atom. The first-order chi connectivity index (χ1) is 8.06. The molecule has 0 atom stereocenters. The number of nitrogen functional groups attached to an aromatic ring is 1. The molecule has 4 heteroatoms. The van der Waals surface area contributed by atoms with Crippen molar-refractivity contribution in [1.82, 2.24) is 5.32 Å². The number of furan rings is 1. The van der Waals surface area contributed by atoms with Gasteiger partial charge in [0.15, 0.2) is 5.76 Å². The van der Waals surface area contributed by atoms with Crippen molar-refractivity contribution in [1.29, 1.82) is 0 Å². The molecule has 1 saturated carbocycles. The average molecular weight is 230 g/mol. The van der Waals surface area contributed by atoms with Gasteiger partial charge in [-0.1, -0.05) is 0 Å². The number of hydrogen-bond donors (Lipinski definition) is 2. The Labute approximate surface area is 98.8 Å². The number of nitrogens with two attached hydrogens (primary N) is 1. The Hall–Kier alpha value is -1.97. The maximum atomic E-state index is 11.9. The minimum atomic E-state index is -0.153. The minimum absolute atomic E-state index is 0.0327. The zero-order valence-electron chi connectivity index (χ0n) is 9.62. The van der Waals surface area contributed by atoms with Gasteiger partial charge in [-0.05, 0) is 44.0 Å². The Kier molecular flexibility index (Phi) is 1.96. The Bertz CT molecular complexity index is 596. The number of rotatable bonds is 2. The summed E-state index contributed by atoms with van der Waals surface area (Å²) in [5, 5.41) is 3.82. The highest BCUT2D eigenvalue weighted by Crippen LogP contribution is 2.34. The predicted molar refractivity (Wildman–Crippen MR) is 65.7 cm³/mol. The summed E-state index contributed by atoms with van der Waals surface area (Å²) in [6.45, 7) is 2.03. The van der Waals surface area contributed by atoms with Gasteiger partial charge in [-0.15, -0.1) is 0 Å². The second-order valence-corrected chi connectivity index (χ2v) is 4.92. The van der Waals surface area contributed by atoms with E-state index in [1.165, 1.54) is 0 Å². The number of fused-ring (bicyclic) bond motifs is 1. The topological polar surface area (TPSA) is 68.3 Å². The van der Waals surface area contributed by atoms with Crippen LogP contribution in [-0.4, -0.2) is 11.4 Å². The normalized spacial score (nSPS) is 17.0. The molecule has 17 heavy (non-hydrogen) atoms. The third-order valence-corrected chi connectivity index (χ3v) is 3.18. The minimum Gasteiger partial charge on any atom is -0.451 e. The van der Waals surface area contributed by atoms with Crippen LogP contribution in [0.3, 0.4) is 0 Å². The molecule has 0 radical (unpaired) electrons. The molecule has 1 aliphatic carbocycles. The molecule has 3 rings (SSSR count). The largest absolute Gasteiger partial charge is 0.451 e. The third-order valence-electron chi connectivity index (χ3n) is 3.18. The number of carbonyl (C=O) groups is 1. The van der Waals surface area contributed by atoms with Gasteiger partial charge in [0, 0.05) is 16.6 Å². The third kappa shape index (κ3) is 1.86. The lowest BCUT2D eigenvalue weighted by atomic mass is 10.2. The van der Waals surface area contributed by atoms with Crippen molar-refractivity contribution >= 4 is 22.6 Å². The summed E-state index contributed by atoms with van der Waals surface area (Å²) >= 11 is 0. The van der Waals surface area contributed by atoms with Gasteiger partial charge in [-0.2, -0.15) is 0 Å². The molecule has 1 heterocycles. The first-order valence-corrected chi connectivity index (χ1v) is 5.67. The zero-order valence-corrected chi connectivity index (χ0v) is 9.62. The van der Waals surface area contributed by atoms with E-state index >= 15 is 0 Å². The summed E-state index contributed by atoms with van der Waals surface area (Å²) in [5.74, 6) is 0.193. The van der Waals surface area contributed by atoms with E-state index in [2.05, 4.69) is 5.32 Å². The second-order valence-electron chi connectivity index (χ2n) is 4.92. The molecule has 1 aromatic carbocycles. The zero-order chi connectivity index (χ0) is 12.0. The van der Waals surface area contributed by atoms with Crippen molar-refractivity contribution in [2.45, 2.75) is 25.3 Å². The maximum absolute atomic E-state index is 11.9. The summed E-state index contributed by atoms with van der Waals surface area (Å²) in [6.07, 6.45) is 2.07. The smallest absolute Gasteiger partial charge is 0.287 e. The number of anilines is 1. The van der Waals surface area contributed by atoms with Gasteiger partial charge in [0.2, 0.25) is 0 Å². The molecule has 2 aromatic rings. The van der Waals surface area contributed by atoms with E-state index in [1.807, 2.05) is 6.92 Å². The van der Waals surface area contributed by atoms with Crippen molar-refractivity contribution in [3.05, 3.63) is 30.0 Å². The van der Waals surface area contributed by atoms with Gasteiger partial charge in [0.25, 0.3) is 5.91 Å². The average Bonchev–Trinajstić information content (AvgIpc) is 2.85. The molecule has 0 spiro atoms. The quantitative estimate of drug-likeness (QED) is 0.778. The van der Waals surface area contributed by atoms with Crippen LogP contribution in [0.25, 0.3) is 11.0 Å². The SMILES string of the molecule is CC1(NC(=O)c2cc3cc(N)ccc3o2)CC1. The standard InChI is InChI=1S/C13H14N2O2/c1-13(4-5-13)15-12(16)11-7-8-6-9(14)2-3-10(8)17-11/h2-3,6-7H,4-5,14H2,1H3,(H,15,16). The van der Waals surface area contributed by atoms with E-state index in [0.29, 0.717) is 17.0 Å². The number of carbonyl (C=O) groups excluding carboxylic acids is 1. The van der Waals surface area contributed by atoms with E-state index in [1.54, 1.807) is 24.3 Å². The van der Waals surface area contributed by atoms with Gasteiger partial charge in [0.1, 0.15) is 5.58 Å². The summed E-state index contributed by atoms with van der Waals surface area (Å²) in [6, 6.07) is 7.07. The van der Waals surface area contributed by atoms with Gasteiger partial charge >= 0.3 is 0 Å². The molecule has 3 N–H and O–H groups in total. The first kappa shape index (κ1) is 10.2. The number of hydrogen-bond acceptors (Lipinski definition) is 3. The van der Waals surface area contributed by atoms with Gasteiger partial charge in [0.05, 0.1) is 0 Å². The van der Waals surface area contributed by atoms with Crippen molar-refractivity contribution in [2.24, 2.45) is 0 Å². The fraction of sp³-hybridized carbons (Fsp3) is 0.308. The fourth-order valence-electron chi connectivity index (χ4n) is 1.82. The molecule has 1 aromatic heterocycles. The van der Waals surface area contributed by atoms with Crippen LogP contribution in [0.2, 0.25) is 0 Å². The molecule has 1 aliphatic rings. The van der Waals surface area contributed by atoms with Crippen LogP contribution in [0.1, 0.15) is 30.3 Å². The van der Waals surface area contributed by atoms with E-state index in [0.717, 1.165) is 18.2 Å². The van der Waals surface area contributed by atoms with Crippen LogP contribution in [0, 0.1) is 0 Å². The molecule has 0 bridgehead atoms. The summed E-state index contributed by atoms with van der Waals surface area (Å²) < 4.78 is 5.49. The van der Waals surface area contributed by atoms with E-state index in [9.17, 15) is 4.79 Å². The molecule has 0 saturated heterocycles. The van der Waals surface area contributed by atoms with Crippen molar-refractivity contribution in [3.63, 3.8) is 0 Å². The highest BCUT2D eigenvalue weighted by Gasteiger charge is 2.39. The summed E-state index contributed by atoms with van der Waals surface area (Å²) in [7, 11) is 0. The summed E-state index contributed by atoms with van der Waals surface area (Å²) in [4.78, 5) is 11.9. The van der Waals surface area contributed by atoms with Crippen LogP contribution >= 0.6 is 0 Å². The molecule has 0 unspecified atom stereocenters. The second kappa shape index (κ2) is 3.26. The molecule has 88 valence electrons. The number of nitrogens with one attached hydrogen (secondary N) is 1. The fourth-order valence-corrected chi connectivity index (χ4v) is 1.82. The van der Waals surface area contributed by atoms with Gasteiger partial charge in [-0.3, -0.25) is 4.79 Å². The molecule has 4 nitrogen and oxygen atoms in total. The van der Waals surface area contributed by atoms with E-state index < -0.39 is 0 Å². The lowest BCUT2D eigenvalue weighted by Crippen LogP contribution is -2.33. The van der Waals surface area contributed by atoms with Crippen LogP contribution in [0.4, 0.5) is 5.69 Å². The monoisotopic (exact) mass is 230 g/mol. The molecule has 0 aliphatic heterocycles. The van der Waals surface area contributed by atoms with Gasteiger partial charge in [-0.25, -0.2) is 0 Å². The summed E-state index contributed by atoms with van der Waals surface area (Å²) in [5.41, 5.74) is 7.00. The van der Waals surface area contributed by atoms with Crippen molar-refractivity contribution < 1.29 is 9.21 Å². The highest BCUT2D eigenvalue weighted by atomic mass is 16.3. The van der Waals surface area contributed by atoms with Crippen molar-refractivity contribution in [2.75, 3.05) is 5.73 Å². The lowest BCUT2D eigenvalue weighted by Gasteiger charge is -2.08. The predicted octanol–water partition coefficient (Wildman–Crippen LogP) is 2.30. The first-order valence-electron chi connectivity index (χ1n) is 5.67. The van der Waals surface area contributed by atoms with Crippen LogP contribution in [-0.2, 0) is 0 Å². The lowest BCUT2D eigenvalue weighted by molar-refractivity contribution is 0.0909. The van der Waals surface area contributed by atoms with E-state index in [-0.39, 0.29) is 11.4 Å². The molecule has 1 amide bonds. The van der Waals surface area contributed by atoms with Crippen LogP contribution < -0.4 is 11.1 Å². The highest BCUT2D eigenvalue weighted by molar-refractivity contribution is 5.97. The Balaban J connectivity index is 1.92. The Morgan fingerprint density at radius 3 is 2.88 bits per heavy atom. The number of amides is 1. The molecular formula is C13H14N2O2. The van der Waals surface area contributed by atoms with Gasteiger partial charge < -0.3 is 15.5 Å². The maximum Gasteiger partial charge on any atom is 0.287 e. The molecular weight excluding hydrogens is 216 g/mol. The van der Waals surface area contributed by atoms with Crippen LogP contribution in [0.15, 0.2) is 28.7 Å².